The fourth-order valence-corrected chi connectivity index (χ4v) is 3.17. The molecule has 0 saturated carbocycles. The molecule has 122 valence electrons. The summed E-state index contributed by atoms with van der Waals surface area (Å²) in [6, 6.07) is 12.7. The minimum Gasteiger partial charge on any atom is -0.460 e. The summed E-state index contributed by atoms with van der Waals surface area (Å²) >= 11 is 7.19. The molecule has 3 N–H and O–H groups in total. The minimum atomic E-state index is -0.364. The van der Waals surface area contributed by atoms with Crippen LogP contribution in [0.15, 0.2) is 52.0 Å². The number of carbonyl (C=O) groups is 1. The highest BCUT2D eigenvalue weighted by Gasteiger charge is 2.15. The van der Waals surface area contributed by atoms with Crippen LogP contribution in [0.1, 0.15) is 21.2 Å². The van der Waals surface area contributed by atoms with Crippen LogP contribution in [0, 0.1) is 6.92 Å². The second kappa shape index (κ2) is 6.90. The second-order valence-corrected chi connectivity index (χ2v) is 6.54. The highest BCUT2D eigenvalue weighted by Crippen LogP contribution is 2.33. The lowest BCUT2D eigenvalue weighted by Gasteiger charge is -1.97. The van der Waals surface area contributed by atoms with Gasteiger partial charge in [-0.25, -0.2) is 5.43 Å². The number of amides is 1. The van der Waals surface area contributed by atoms with E-state index in [1.54, 1.807) is 24.3 Å². The molecular formula is C17H14ClN3O2S. The average Bonchev–Trinajstić information content (AvgIpc) is 3.14. The van der Waals surface area contributed by atoms with E-state index in [1.165, 1.54) is 17.6 Å². The normalized spacial score (nSPS) is 11.1. The molecule has 0 saturated heterocycles. The van der Waals surface area contributed by atoms with Gasteiger partial charge in [-0.1, -0.05) is 23.7 Å². The van der Waals surface area contributed by atoms with Gasteiger partial charge in [0.1, 0.15) is 16.4 Å². The number of carbonyl (C=O) groups excluding carboxylic acids is 1. The number of hydrogen-bond acceptors (Lipinski definition) is 5. The molecule has 0 spiro atoms. The molecule has 1 aromatic carbocycles. The van der Waals surface area contributed by atoms with Crippen LogP contribution in [0.5, 0.6) is 0 Å². The summed E-state index contributed by atoms with van der Waals surface area (Å²) in [6.07, 6.45) is 1.44. The smallest absolute Gasteiger partial charge is 0.283 e. The molecule has 5 nitrogen and oxygen atoms in total. The second-order valence-electron chi connectivity index (χ2n) is 5.05. The van der Waals surface area contributed by atoms with Gasteiger partial charge in [-0.2, -0.15) is 5.10 Å². The van der Waals surface area contributed by atoms with Gasteiger partial charge in [-0.3, -0.25) is 4.79 Å². The van der Waals surface area contributed by atoms with Crippen molar-refractivity contribution < 1.29 is 9.21 Å². The first-order valence-corrected chi connectivity index (χ1v) is 8.27. The molecule has 0 bridgehead atoms. The van der Waals surface area contributed by atoms with Gasteiger partial charge in [0.2, 0.25) is 0 Å². The first-order valence-electron chi connectivity index (χ1n) is 7.08. The highest BCUT2D eigenvalue weighted by molar-refractivity contribution is 7.18. The summed E-state index contributed by atoms with van der Waals surface area (Å²) in [5.41, 5.74) is 9.76. The number of nitrogens with zero attached hydrogens (tertiary/aromatic N) is 1. The first-order chi connectivity index (χ1) is 11.5. The summed E-state index contributed by atoms with van der Waals surface area (Å²) in [5.74, 6) is 0.976. The fraction of sp³-hybridized carbons (Fsp3) is 0.0588. The number of aryl methyl sites for hydroxylation is 1. The fourth-order valence-electron chi connectivity index (χ4n) is 2.07. The van der Waals surface area contributed by atoms with Gasteiger partial charge < -0.3 is 10.2 Å². The van der Waals surface area contributed by atoms with E-state index >= 15 is 0 Å². The maximum Gasteiger partial charge on any atom is 0.283 e. The lowest BCUT2D eigenvalue weighted by molar-refractivity contribution is 0.0960. The molecule has 0 aliphatic rings. The molecule has 0 unspecified atom stereocenters. The summed E-state index contributed by atoms with van der Waals surface area (Å²) in [5, 5.41) is 4.54. The number of anilines is 1. The number of hydrogen-bond donors (Lipinski definition) is 2. The molecule has 0 fully saturated rings. The molecule has 24 heavy (non-hydrogen) atoms. The number of benzene rings is 1. The van der Waals surface area contributed by atoms with Gasteiger partial charge in [-0.15, -0.1) is 11.3 Å². The third kappa shape index (κ3) is 3.67. The van der Waals surface area contributed by atoms with Crippen LogP contribution in [-0.2, 0) is 0 Å². The third-order valence-electron chi connectivity index (χ3n) is 3.21. The van der Waals surface area contributed by atoms with Crippen LogP contribution in [-0.4, -0.2) is 12.1 Å². The monoisotopic (exact) mass is 359 g/mol. The van der Waals surface area contributed by atoms with Crippen molar-refractivity contribution in [3.63, 3.8) is 0 Å². The molecule has 0 radical (unpaired) electrons. The topological polar surface area (TPSA) is 80.6 Å². The van der Waals surface area contributed by atoms with Crippen molar-refractivity contribution in [2.75, 3.05) is 5.73 Å². The van der Waals surface area contributed by atoms with Crippen molar-refractivity contribution in [2.24, 2.45) is 5.10 Å². The van der Waals surface area contributed by atoms with Gasteiger partial charge >= 0.3 is 0 Å². The van der Waals surface area contributed by atoms with Crippen LogP contribution in [0.3, 0.4) is 0 Å². The molecule has 1 amide bonds. The Labute approximate surface area is 147 Å². The molecule has 0 aliphatic heterocycles. The van der Waals surface area contributed by atoms with E-state index < -0.39 is 0 Å². The quantitative estimate of drug-likeness (QED) is 0.537. The average molecular weight is 360 g/mol. The highest BCUT2D eigenvalue weighted by atomic mass is 35.5. The van der Waals surface area contributed by atoms with Gasteiger partial charge in [0.25, 0.3) is 5.91 Å². The third-order valence-corrected chi connectivity index (χ3v) is 4.67. The molecule has 3 rings (SSSR count). The molecule has 7 heteroatoms. The number of thiophene rings is 1. The van der Waals surface area contributed by atoms with E-state index in [0.717, 1.165) is 16.2 Å². The van der Waals surface area contributed by atoms with Crippen LogP contribution >= 0.6 is 22.9 Å². The maximum atomic E-state index is 12.2. The summed E-state index contributed by atoms with van der Waals surface area (Å²) in [6.45, 7) is 1.83. The van der Waals surface area contributed by atoms with E-state index in [0.29, 0.717) is 21.3 Å². The number of hydrazone groups is 1. The van der Waals surface area contributed by atoms with E-state index in [1.807, 2.05) is 25.1 Å². The predicted molar refractivity (Wildman–Crippen MR) is 97.7 cm³/mol. The minimum absolute atomic E-state index is 0.364. The number of furan rings is 1. The number of halogens is 1. The summed E-state index contributed by atoms with van der Waals surface area (Å²) < 4.78 is 5.33. The summed E-state index contributed by atoms with van der Waals surface area (Å²) in [7, 11) is 0. The van der Waals surface area contributed by atoms with Crippen molar-refractivity contribution >= 4 is 40.7 Å². The number of rotatable bonds is 4. The van der Waals surface area contributed by atoms with Crippen molar-refractivity contribution in [3.05, 3.63) is 63.9 Å². The molecule has 2 heterocycles. The Bertz CT molecular complexity index is 897. The molecule has 0 aliphatic carbocycles. The van der Waals surface area contributed by atoms with Crippen LogP contribution in [0.2, 0.25) is 5.02 Å². The zero-order valence-corrected chi connectivity index (χ0v) is 14.3. The van der Waals surface area contributed by atoms with Crippen LogP contribution < -0.4 is 11.2 Å². The Morgan fingerprint density at radius 3 is 2.71 bits per heavy atom. The Kier molecular flexibility index (Phi) is 4.69. The Hall–Kier alpha value is -2.57. The first kappa shape index (κ1) is 16.3. The summed E-state index contributed by atoms with van der Waals surface area (Å²) in [4.78, 5) is 13.5. The predicted octanol–water partition coefficient (Wildman–Crippen LogP) is 4.32. The lowest BCUT2D eigenvalue weighted by atomic mass is 10.2. The Balaban J connectivity index is 1.73. The van der Waals surface area contributed by atoms with E-state index in [9.17, 15) is 4.79 Å². The van der Waals surface area contributed by atoms with Crippen molar-refractivity contribution in [2.45, 2.75) is 6.92 Å². The number of nitrogen functional groups attached to an aromatic ring is 1. The standard InChI is InChI=1S/C17H14ClN3O2S/c1-10-2-7-13(23-10)9-20-21-17(22)16-14(19)8-15(24-16)11-3-5-12(18)6-4-11/h2-9H,19H2,1H3,(H,21,22)/b20-9-. The SMILES string of the molecule is Cc1ccc(/C=N\NC(=O)c2sc(-c3ccc(Cl)cc3)cc2N)o1. The molecule has 3 aromatic rings. The number of nitrogens with one attached hydrogen (secondary N) is 1. The maximum absolute atomic E-state index is 12.2. The number of nitrogens with two attached hydrogens (primary N) is 1. The van der Waals surface area contributed by atoms with E-state index in [4.69, 9.17) is 21.8 Å². The zero-order chi connectivity index (χ0) is 17.1. The van der Waals surface area contributed by atoms with Crippen molar-refractivity contribution in [3.8, 4) is 10.4 Å². The Morgan fingerprint density at radius 2 is 2.04 bits per heavy atom. The molecule has 0 atom stereocenters. The van der Waals surface area contributed by atoms with Gasteiger partial charge in [0, 0.05) is 9.90 Å². The van der Waals surface area contributed by atoms with Crippen molar-refractivity contribution in [1.29, 1.82) is 0 Å². The van der Waals surface area contributed by atoms with E-state index in [-0.39, 0.29) is 5.91 Å². The Morgan fingerprint density at radius 1 is 1.29 bits per heavy atom. The van der Waals surface area contributed by atoms with Gasteiger partial charge in [0.05, 0.1) is 11.9 Å². The lowest BCUT2D eigenvalue weighted by Crippen LogP contribution is -2.17. The van der Waals surface area contributed by atoms with Crippen LogP contribution in [0.4, 0.5) is 5.69 Å². The van der Waals surface area contributed by atoms with Crippen molar-refractivity contribution in [1.82, 2.24) is 5.43 Å². The molecular weight excluding hydrogens is 346 g/mol. The molecule has 2 aromatic heterocycles. The van der Waals surface area contributed by atoms with Gasteiger partial charge in [-0.05, 0) is 42.8 Å². The largest absolute Gasteiger partial charge is 0.460 e. The zero-order valence-electron chi connectivity index (χ0n) is 12.7. The van der Waals surface area contributed by atoms with Crippen LogP contribution in [0.25, 0.3) is 10.4 Å². The van der Waals surface area contributed by atoms with E-state index in [2.05, 4.69) is 10.5 Å². The van der Waals surface area contributed by atoms with Gasteiger partial charge in [0.15, 0.2) is 0 Å².